The number of rotatable bonds is 8. The Balaban J connectivity index is 1.35. The van der Waals surface area contributed by atoms with Gasteiger partial charge in [-0.25, -0.2) is 4.79 Å². The second-order valence-electron chi connectivity index (χ2n) is 7.43. The quantitative estimate of drug-likeness (QED) is 0.272. The standard InChI is InChI=1S/C26H22F2N2O4/c1-2-30-22-6-4-3-5-20(22)21-15-18(10-13-23(21)30)29-24(31)16-33-25(32)14-9-17-7-11-19(12-8-17)34-26(27)28/h3-15,26H,2,16H2,1H3,(H,29,31). The highest BCUT2D eigenvalue weighted by molar-refractivity contribution is 6.09. The molecule has 1 amide bonds. The van der Waals surface area contributed by atoms with Gasteiger partial charge in [0.2, 0.25) is 0 Å². The first kappa shape index (κ1) is 23.0. The van der Waals surface area contributed by atoms with Crippen LogP contribution in [0.4, 0.5) is 14.5 Å². The van der Waals surface area contributed by atoms with Gasteiger partial charge in [0.15, 0.2) is 6.61 Å². The molecule has 1 aromatic heterocycles. The van der Waals surface area contributed by atoms with Gasteiger partial charge in [0.05, 0.1) is 0 Å². The van der Waals surface area contributed by atoms with Crippen molar-refractivity contribution in [2.75, 3.05) is 11.9 Å². The fourth-order valence-corrected chi connectivity index (χ4v) is 3.78. The van der Waals surface area contributed by atoms with Crippen molar-refractivity contribution in [2.45, 2.75) is 20.1 Å². The van der Waals surface area contributed by atoms with Gasteiger partial charge in [0.25, 0.3) is 5.91 Å². The Morgan fingerprint density at radius 1 is 1.00 bits per heavy atom. The third-order valence-corrected chi connectivity index (χ3v) is 5.24. The molecule has 4 aromatic rings. The number of nitrogens with one attached hydrogen (secondary N) is 1. The summed E-state index contributed by atoms with van der Waals surface area (Å²) in [5.41, 5.74) is 3.39. The Morgan fingerprint density at radius 3 is 2.47 bits per heavy atom. The molecule has 174 valence electrons. The molecular formula is C26H22F2N2O4. The first-order valence-electron chi connectivity index (χ1n) is 10.6. The number of fused-ring (bicyclic) bond motifs is 3. The van der Waals surface area contributed by atoms with Crippen molar-refractivity contribution >= 4 is 45.4 Å². The molecule has 0 spiro atoms. The molecule has 0 saturated carbocycles. The molecule has 0 aliphatic heterocycles. The molecule has 4 rings (SSSR count). The van der Waals surface area contributed by atoms with Crippen molar-refractivity contribution in [3.05, 3.63) is 78.4 Å². The van der Waals surface area contributed by atoms with Gasteiger partial charge in [-0.2, -0.15) is 8.78 Å². The summed E-state index contributed by atoms with van der Waals surface area (Å²) in [5.74, 6) is -1.15. The number of hydrogen-bond donors (Lipinski definition) is 1. The SMILES string of the molecule is CCn1c2ccccc2c2cc(NC(=O)COC(=O)C=Cc3ccc(OC(F)F)cc3)ccc21. The lowest BCUT2D eigenvalue weighted by atomic mass is 10.1. The molecule has 8 heteroatoms. The van der Waals surface area contributed by atoms with Crippen LogP contribution in [0.15, 0.2) is 72.8 Å². The summed E-state index contributed by atoms with van der Waals surface area (Å²) in [6.45, 7) is -0.436. The number of benzene rings is 3. The van der Waals surface area contributed by atoms with E-state index in [0.29, 0.717) is 11.3 Å². The van der Waals surface area contributed by atoms with Crippen LogP contribution in [0.25, 0.3) is 27.9 Å². The largest absolute Gasteiger partial charge is 0.452 e. The van der Waals surface area contributed by atoms with E-state index in [-0.39, 0.29) is 5.75 Å². The van der Waals surface area contributed by atoms with Gasteiger partial charge in [-0.1, -0.05) is 30.3 Å². The summed E-state index contributed by atoms with van der Waals surface area (Å²) in [6, 6.07) is 19.5. The molecule has 0 atom stereocenters. The Kier molecular flexibility index (Phi) is 6.87. The number of para-hydroxylation sites is 1. The van der Waals surface area contributed by atoms with Crippen molar-refractivity contribution in [1.29, 1.82) is 0 Å². The zero-order valence-electron chi connectivity index (χ0n) is 18.3. The lowest BCUT2D eigenvalue weighted by molar-refractivity contribution is -0.142. The average Bonchev–Trinajstić information content (AvgIpc) is 3.15. The van der Waals surface area contributed by atoms with Gasteiger partial charge in [0, 0.05) is 40.1 Å². The Bertz CT molecular complexity index is 1360. The van der Waals surface area contributed by atoms with Crippen molar-refractivity contribution in [3.63, 3.8) is 0 Å². The maximum absolute atomic E-state index is 12.3. The summed E-state index contributed by atoms with van der Waals surface area (Å²) < 4.78 is 35.8. The third-order valence-electron chi connectivity index (χ3n) is 5.24. The molecular weight excluding hydrogens is 442 g/mol. The highest BCUT2D eigenvalue weighted by Crippen LogP contribution is 2.31. The smallest absolute Gasteiger partial charge is 0.387 e. The van der Waals surface area contributed by atoms with Crippen molar-refractivity contribution < 1.29 is 27.8 Å². The number of ether oxygens (including phenoxy) is 2. The summed E-state index contributed by atoms with van der Waals surface area (Å²) in [7, 11) is 0. The topological polar surface area (TPSA) is 69.6 Å². The van der Waals surface area contributed by atoms with E-state index in [0.717, 1.165) is 34.4 Å². The summed E-state index contributed by atoms with van der Waals surface area (Å²) >= 11 is 0. The number of hydrogen-bond acceptors (Lipinski definition) is 4. The van der Waals surface area contributed by atoms with Crippen LogP contribution < -0.4 is 10.1 Å². The maximum Gasteiger partial charge on any atom is 0.387 e. The molecule has 34 heavy (non-hydrogen) atoms. The molecule has 0 radical (unpaired) electrons. The Morgan fingerprint density at radius 2 is 1.74 bits per heavy atom. The van der Waals surface area contributed by atoms with Crippen LogP contribution in [0.3, 0.4) is 0 Å². The fourth-order valence-electron chi connectivity index (χ4n) is 3.78. The number of anilines is 1. The van der Waals surface area contributed by atoms with Gasteiger partial charge in [-0.05, 0) is 55.0 Å². The van der Waals surface area contributed by atoms with Crippen molar-refractivity contribution in [1.82, 2.24) is 4.57 Å². The van der Waals surface area contributed by atoms with Crippen LogP contribution in [0.1, 0.15) is 12.5 Å². The highest BCUT2D eigenvalue weighted by Gasteiger charge is 2.11. The van der Waals surface area contributed by atoms with Gasteiger partial charge in [0.1, 0.15) is 5.75 Å². The Hall–Kier alpha value is -4.20. The number of carbonyl (C=O) groups is 2. The van der Waals surface area contributed by atoms with E-state index in [9.17, 15) is 18.4 Å². The number of aryl methyl sites for hydroxylation is 1. The normalized spacial score (nSPS) is 11.4. The van der Waals surface area contributed by atoms with Crippen molar-refractivity contribution in [2.24, 2.45) is 0 Å². The number of aromatic nitrogens is 1. The van der Waals surface area contributed by atoms with E-state index in [4.69, 9.17) is 4.74 Å². The van der Waals surface area contributed by atoms with E-state index in [2.05, 4.69) is 27.6 Å². The number of alkyl halides is 2. The van der Waals surface area contributed by atoms with E-state index < -0.39 is 25.1 Å². The molecule has 0 aliphatic rings. The zero-order chi connectivity index (χ0) is 24.1. The van der Waals surface area contributed by atoms with Crippen LogP contribution in [-0.4, -0.2) is 29.7 Å². The Labute approximate surface area is 194 Å². The number of nitrogens with zero attached hydrogens (tertiary/aromatic N) is 1. The van der Waals surface area contributed by atoms with Crippen molar-refractivity contribution in [3.8, 4) is 5.75 Å². The molecule has 0 unspecified atom stereocenters. The molecule has 0 saturated heterocycles. The molecule has 1 heterocycles. The average molecular weight is 464 g/mol. The third kappa shape index (κ3) is 5.23. The van der Waals surface area contributed by atoms with Crippen LogP contribution in [0.2, 0.25) is 0 Å². The zero-order valence-corrected chi connectivity index (χ0v) is 18.3. The number of amides is 1. The lowest BCUT2D eigenvalue weighted by Crippen LogP contribution is -2.20. The summed E-state index contributed by atoms with van der Waals surface area (Å²) in [6.07, 6.45) is 2.60. The first-order chi connectivity index (χ1) is 16.4. The van der Waals surface area contributed by atoms with E-state index in [1.165, 1.54) is 30.3 Å². The first-order valence-corrected chi connectivity index (χ1v) is 10.6. The minimum absolute atomic E-state index is 0.0174. The van der Waals surface area contributed by atoms with E-state index in [1.54, 1.807) is 0 Å². The van der Waals surface area contributed by atoms with Crippen LogP contribution in [-0.2, 0) is 20.9 Å². The van der Waals surface area contributed by atoms with Crippen LogP contribution in [0.5, 0.6) is 5.75 Å². The predicted octanol–water partition coefficient (Wildman–Crippen LogP) is 5.61. The molecule has 0 aliphatic carbocycles. The summed E-state index contributed by atoms with van der Waals surface area (Å²) in [5, 5.41) is 4.88. The minimum Gasteiger partial charge on any atom is -0.452 e. The van der Waals surface area contributed by atoms with Crippen LogP contribution in [0, 0.1) is 0 Å². The molecule has 1 N–H and O–H groups in total. The van der Waals surface area contributed by atoms with Gasteiger partial charge in [-0.3, -0.25) is 4.79 Å². The van der Waals surface area contributed by atoms with Gasteiger partial charge in [-0.15, -0.1) is 0 Å². The molecule has 0 bridgehead atoms. The second kappa shape index (κ2) is 10.2. The fraction of sp³-hybridized carbons (Fsp3) is 0.154. The molecule has 3 aromatic carbocycles. The number of carbonyl (C=O) groups excluding carboxylic acids is 2. The van der Waals surface area contributed by atoms with Gasteiger partial charge < -0.3 is 19.4 Å². The highest BCUT2D eigenvalue weighted by atomic mass is 19.3. The lowest BCUT2D eigenvalue weighted by Gasteiger charge is -2.07. The molecule has 6 nitrogen and oxygen atoms in total. The van der Waals surface area contributed by atoms with Gasteiger partial charge >= 0.3 is 12.6 Å². The molecule has 0 fully saturated rings. The number of halogens is 2. The van der Waals surface area contributed by atoms with E-state index in [1.807, 2.05) is 36.4 Å². The maximum atomic E-state index is 12.3. The predicted molar refractivity (Wildman–Crippen MR) is 127 cm³/mol. The summed E-state index contributed by atoms with van der Waals surface area (Å²) in [4.78, 5) is 24.2. The monoisotopic (exact) mass is 464 g/mol. The minimum atomic E-state index is -2.90. The van der Waals surface area contributed by atoms with E-state index >= 15 is 0 Å². The van der Waals surface area contributed by atoms with Crippen LogP contribution >= 0.6 is 0 Å². The number of esters is 1. The second-order valence-corrected chi connectivity index (χ2v) is 7.43.